The number of imide groups is 2. The molecule has 2 N–H and O–H groups in total. The van der Waals surface area contributed by atoms with Crippen molar-refractivity contribution in [2.75, 3.05) is 24.5 Å². The second kappa shape index (κ2) is 15.0. The van der Waals surface area contributed by atoms with Gasteiger partial charge in [-0.3, -0.25) is 34.3 Å². The van der Waals surface area contributed by atoms with Crippen LogP contribution in [0, 0.1) is 23.7 Å². The molecule has 11 nitrogen and oxygen atoms in total. The molecule has 5 aromatic carbocycles. The smallest absolute Gasteiger partial charge is 0.260 e. The number of amides is 4. The van der Waals surface area contributed by atoms with Crippen molar-refractivity contribution in [3.8, 4) is 17.2 Å². The lowest BCUT2D eigenvalue weighted by atomic mass is 9.49. The van der Waals surface area contributed by atoms with E-state index >= 15 is 9.59 Å². The van der Waals surface area contributed by atoms with Gasteiger partial charge >= 0.3 is 0 Å². The average Bonchev–Trinajstić information content (AvgIpc) is 3.65. The Labute approximate surface area is 355 Å². The molecule has 2 heterocycles. The normalized spacial score (nSPS) is 24.4. The van der Waals surface area contributed by atoms with Gasteiger partial charge in [0.2, 0.25) is 11.8 Å². The van der Waals surface area contributed by atoms with Crippen LogP contribution < -0.4 is 19.8 Å². The Balaban J connectivity index is 1.17. The maximum atomic E-state index is 15.5. The van der Waals surface area contributed by atoms with Crippen molar-refractivity contribution in [1.29, 1.82) is 0 Å². The summed E-state index contributed by atoms with van der Waals surface area (Å²) in [5.41, 5.74) is 4.28. The Hall–Kier alpha value is -6.43. The molecule has 13 heteroatoms. The third kappa shape index (κ3) is 5.97. The highest BCUT2D eigenvalue weighted by Crippen LogP contribution is 2.65. The number of carbonyl (C=O) groups excluding carboxylic acids is 5. The molecular weight excluding hydrogens is 805 g/mol. The fourth-order valence-electron chi connectivity index (χ4n) is 9.86. The van der Waals surface area contributed by atoms with Crippen molar-refractivity contribution in [3.05, 3.63) is 159 Å². The summed E-state index contributed by atoms with van der Waals surface area (Å²) in [6.07, 6.45) is 2.10. The number of phenols is 1. The molecule has 0 aromatic heterocycles. The molecular formula is C47H37Cl2N3O8. The van der Waals surface area contributed by atoms with Crippen LogP contribution in [0.2, 0.25) is 10.0 Å². The highest BCUT2D eigenvalue weighted by Gasteiger charge is 2.70. The zero-order valence-electron chi connectivity index (χ0n) is 32.3. The first-order valence-electron chi connectivity index (χ1n) is 19.4. The number of aromatic hydroxyl groups is 1. The van der Waals surface area contributed by atoms with Gasteiger partial charge in [0.1, 0.15) is 17.2 Å². The quantitative estimate of drug-likeness (QED) is 0.0855. The van der Waals surface area contributed by atoms with Gasteiger partial charge in [-0.05, 0) is 85.0 Å². The Kier molecular flexibility index (Phi) is 9.76. The molecule has 3 fully saturated rings. The van der Waals surface area contributed by atoms with Crippen LogP contribution in [0.1, 0.15) is 45.8 Å². The number of ketones is 1. The van der Waals surface area contributed by atoms with Gasteiger partial charge in [-0.15, -0.1) is 0 Å². The average molecular weight is 843 g/mol. The van der Waals surface area contributed by atoms with E-state index in [4.69, 9.17) is 32.7 Å². The topological polar surface area (TPSA) is 143 Å². The van der Waals surface area contributed by atoms with E-state index in [1.807, 2.05) is 12.1 Å². The molecule has 0 bridgehead atoms. The number of rotatable bonds is 9. The first-order valence-corrected chi connectivity index (χ1v) is 20.1. The van der Waals surface area contributed by atoms with Crippen molar-refractivity contribution in [3.63, 3.8) is 0 Å². The largest absolute Gasteiger partial charge is 0.508 e. The molecule has 2 aliphatic carbocycles. The third-order valence-electron chi connectivity index (χ3n) is 12.6. The first kappa shape index (κ1) is 39.1. The highest BCUT2D eigenvalue weighted by atomic mass is 35.5. The van der Waals surface area contributed by atoms with E-state index in [2.05, 4.69) is 5.43 Å². The zero-order chi connectivity index (χ0) is 42.0. The van der Waals surface area contributed by atoms with Crippen LogP contribution in [-0.2, 0) is 24.6 Å². The number of anilines is 2. The van der Waals surface area contributed by atoms with Gasteiger partial charge in [0.15, 0.2) is 5.78 Å². The summed E-state index contributed by atoms with van der Waals surface area (Å²) in [5, 5.41) is 13.3. The number of hydrogen-bond donors (Lipinski definition) is 2. The molecule has 9 rings (SSSR count). The standard InChI is InChI=1S/C47H37Cl2N3O8/c1-59-30-15-10-27(11-16-30)47-36(44(56)52(46(47)58)50-38-21-12-28(48)22-37(38)49)24-35-32(41(47)33-18-17-31(60-2)23-39(33)53)19-20-34-40(35)45(57)51(43(34)55)29-13-8-26(9-14-29)42(54)25-6-4-3-5-7-25/h3-19,21-23,34-36,40-41,50,53H,20,24H2,1-2H3/t34-,35+,36-,40-,41+,47+/m0/s1. The van der Waals surface area contributed by atoms with Crippen LogP contribution in [0.5, 0.6) is 17.2 Å². The summed E-state index contributed by atoms with van der Waals surface area (Å²) < 4.78 is 10.9. The van der Waals surface area contributed by atoms with Crippen LogP contribution in [0.4, 0.5) is 11.4 Å². The van der Waals surface area contributed by atoms with Crippen LogP contribution in [0.3, 0.4) is 0 Å². The molecule has 0 spiro atoms. The number of methoxy groups -OCH3 is 2. The van der Waals surface area contributed by atoms with Crippen molar-refractivity contribution >= 4 is 64.0 Å². The number of ether oxygens (including phenoxy) is 2. The number of hydrazine groups is 1. The van der Waals surface area contributed by atoms with Crippen LogP contribution in [0.15, 0.2) is 127 Å². The maximum Gasteiger partial charge on any atom is 0.260 e. The van der Waals surface area contributed by atoms with E-state index < -0.39 is 58.6 Å². The number of halogens is 2. The minimum atomic E-state index is -1.66. The summed E-state index contributed by atoms with van der Waals surface area (Å²) in [7, 11) is 2.99. The molecule has 5 aromatic rings. The molecule has 4 amide bonds. The van der Waals surface area contributed by atoms with Crippen LogP contribution in [0.25, 0.3) is 0 Å². The van der Waals surface area contributed by atoms with E-state index in [0.29, 0.717) is 50.0 Å². The van der Waals surface area contributed by atoms with Gasteiger partial charge in [0, 0.05) is 33.7 Å². The molecule has 1 saturated carbocycles. The van der Waals surface area contributed by atoms with E-state index in [-0.39, 0.29) is 35.1 Å². The molecule has 2 aliphatic heterocycles. The fraction of sp³-hybridized carbons (Fsp3) is 0.213. The number of hydrogen-bond acceptors (Lipinski definition) is 9. The molecule has 302 valence electrons. The lowest BCUT2D eigenvalue weighted by Gasteiger charge is -2.50. The molecule has 4 aliphatic rings. The number of benzene rings is 5. The number of fused-ring (bicyclic) bond motifs is 4. The minimum Gasteiger partial charge on any atom is -0.508 e. The minimum absolute atomic E-state index is 0.0287. The predicted molar refractivity (Wildman–Crippen MR) is 224 cm³/mol. The van der Waals surface area contributed by atoms with Gasteiger partial charge in [-0.2, -0.15) is 5.01 Å². The fourth-order valence-corrected chi connectivity index (χ4v) is 10.3. The van der Waals surface area contributed by atoms with Crippen LogP contribution in [-0.4, -0.2) is 53.7 Å². The van der Waals surface area contributed by atoms with E-state index in [0.717, 1.165) is 5.01 Å². The second-order valence-electron chi connectivity index (χ2n) is 15.4. The van der Waals surface area contributed by atoms with Crippen molar-refractivity contribution in [2.24, 2.45) is 23.7 Å². The van der Waals surface area contributed by atoms with Gasteiger partial charge < -0.3 is 14.6 Å². The van der Waals surface area contributed by atoms with Gasteiger partial charge in [-0.1, -0.05) is 83.4 Å². The summed E-state index contributed by atoms with van der Waals surface area (Å²) >= 11 is 12.8. The monoisotopic (exact) mass is 841 g/mol. The van der Waals surface area contributed by atoms with Gasteiger partial charge in [0.05, 0.1) is 53.8 Å². The first-order chi connectivity index (χ1) is 29.0. The van der Waals surface area contributed by atoms with E-state index in [9.17, 15) is 19.5 Å². The molecule has 0 unspecified atom stereocenters. The number of allylic oxidation sites excluding steroid dienone is 2. The Bertz CT molecular complexity index is 2630. The maximum absolute atomic E-state index is 15.5. The number of phenolic OH excluding ortho intramolecular Hbond substituents is 1. The van der Waals surface area contributed by atoms with Crippen molar-refractivity contribution in [1.82, 2.24) is 5.01 Å². The lowest BCUT2D eigenvalue weighted by molar-refractivity contribution is -0.138. The number of nitrogens with zero attached hydrogens (tertiary/aromatic N) is 2. The number of nitrogens with one attached hydrogen (secondary N) is 1. The lowest BCUT2D eigenvalue weighted by Crippen LogP contribution is -2.53. The van der Waals surface area contributed by atoms with Crippen LogP contribution >= 0.6 is 23.2 Å². The summed E-state index contributed by atoms with van der Waals surface area (Å²) in [5.74, 6) is -5.93. The summed E-state index contributed by atoms with van der Waals surface area (Å²) in [4.78, 5) is 74.0. The second-order valence-corrected chi connectivity index (χ2v) is 16.2. The molecule has 0 radical (unpaired) electrons. The molecule has 60 heavy (non-hydrogen) atoms. The van der Waals surface area contributed by atoms with Crippen molar-refractivity contribution in [2.45, 2.75) is 24.2 Å². The Morgan fingerprint density at radius 2 is 1.45 bits per heavy atom. The molecule has 2 saturated heterocycles. The van der Waals surface area contributed by atoms with Crippen molar-refractivity contribution < 1.29 is 38.6 Å². The number of carbonyl (C=O) groups is 5. The van der Waals surface area contributed by atoms with Gasteiger partial charge in [-0.25, -0.2) is 0 Å². The zero-order valence-corrected chi connectivity index (χ0v) is 33.8. The summed E-state index contributed by atoms with van der Waals surface area (Å²) in [6, 6.07) is 31.5. The SMILES string of the molecule is COc1ccc([C@@]23C(=O)N(Nc4ccc(Cl)cc4Cl)C(=O)[C@@H]2C[C@@H]2C(=CC[C@@H]4C(=O)N(c5ccc(C(=O)c6ccccc6)cc5)C(=O)[C@@H]42)[C@@H]3c2ccc(OC)cc2O)cc1. The summed E-state index contributed by atoms with van der Waals surface area (Å²) in [6.45, 7) is 0. The predicted octanol–water partition coefficient (Wildman–Crippen LogP) is 8.14. The molecule has 6 atom stereocenters. The van der Waals surface area contributed by atoms with E-state index in [1.165, 1.54) is 31.3 Å². The highest BCUT2D eigenvalue weighted by molar-refractivity contribution is 6.36. The Morgan fingerprint density at radius 3 is 2.12 bits per heavy atom. The van der Waals surface area contributed by atoms with Gasteiger partial charge in [0.25, 0.3) is 11.8 Å². The van der Waals surface area contributed by atoms with E-state index in [1.54, 1.807) is 97.1 Å². The Morgan fingerprint density at radius 1 is 0.767 bits per heavy atom. The third-order valence-corrected chi connectivity index (χ3v) is 13.1.